The lowest BCUT2D eigenvalue weighted by Crippen LogP contribution is -2.13. The molecule has 1 rings (SSSR count). The Morgan fingerprint density at radius 3 is 2.54 bits per heavy atom. The highest BCUT2D eigenvalue weighted by atomic mass is 16.3. The summed E-state index contributed by atoms with van der Waals surface area (Å²) < 4.78 is 1.88. The predicted molar refractivity (Wildman–Crippen MR) is 51.4 cm³/mol. The van der Waals surface area contributed by atoms with E-state index < -0.39 is 6.10 Å². The Balaban J connectivity index is 3.12. The summed E-state index contributed by atoms with van der Waals surface area (Å²) in [5, 5.41) is 13.9. The van der Waals surface area contributed by atoms with Gasteiger partial charge in [-0.15, -0.1) is 0 Å². The van der Waals surface area contributed by atoms with Gasteiger partial charge in [-0.05, 0) is 20.8 Å². The smallest absolute Gasteiger partial charge is 0.0947 e. The largest absolute Gasteiger partial charge is 0.387 e. The second-order valence-electron chi connectivity index (χ2n) is 3.15. The molecule has 0 bridgehead atoms. The van der Waals surface area contributed by atoms with Crippen LogP contribution in [-0.2, 0) is 6.54 Å². The van der Waals surface area contributed by atoms with Crippen molar-refractivity contribution in [2.24, 2.45) is 5.73 Å². The van der Waals surface area contributed by atoms with E-state index in [4.69, 9.17) is 5.73 Å². The second kappa shape index (κ2) is 3.89. The number of aromatic nitrogens is 2. The Morgan fingerprint density at radius 2 is 2.15 bits per heavy atom. The van der Waals surface area contributed by atoms with Gasteiger partial charge in [0.1, 0.15) is 0 Å². The molecule has 1 unspecified atom stereocenters. The number of aryl methyl sites for hydroxylation is 2. The summed E-state index contributed by atoms with van der Waals surface area (Å²) in [5.74, 6) is 0. The molecule has 4 heteroatoms. The van der Waals surface area contributed by atoms with Crippen molar-refractivity contribution in [2.75, 3.05) is 6.54 Å². The lowest BCUT2D eigenvalue weighted by atomic mass is 10.1. The first kappa shape index (κ1) is 10.2. The van der Waals surface area contributed by atoms with Crippen LogP contribution in [0.2, 0.25) is 0 Å². The summed E-state index contributed by atoms with van der Waals surface area (Å²) in [5.41, 5.74) is 8.17. The highest BCUT2D eigenvalue weighted by Gasteiger charge is 2.16. The maximum Gasteiger partial charge on any atom is 0.0947 e. The van der Waals surface area contributed by atoms with Crippen molar-refractivity contribution in [1.82, 2.24) is 9.78 Å². The minimum Gasteiger partial charge on any atom is -0.387 e. The van der Waals surface area contributed by atoms with Crippen LogP contribution in [0.15, 0.2) is 0 Å². The molecular formula is C9H17N3O. The number of aliphatic hydroxyl groups is 1. The Bertz CT molecular complexity index is 293. The van der Waals surface area contributed by atoms with E-state index in [1.807, 2.05) is 25.5 Å². The molecule has 0 aromatic carbocycles. The van der Waals surface area contributed by atoms with Gasteiger partial charge in [0, 0.05) is 24.3 Å². The maximum atomic E-state index is 9.62. The normalized spacial score (nSPS) is 13.3. The van der Waals surface area contributed by atoms with Crippen LogP contribution in [0.3, 0.4) is 0 Å². The first-order valence-corrected chi connectivity index (χ1v) is 4.53. The third-order valence-corrected chi connectivity index (χ3v) is 2.29. The molecule has 1 heterocycles. The Labute approximate surface area is 78.4 Å². The van der Waals surface area contributed by atoms with Crippen LogP contribution in [0.25, 0.3) is 0 Å². The van der Waals surface area contributed by atoms with E-state index in [2.05, 4.69) is 5.10 Å². The molecule has 1 atom stereocenters. The zero-order valence-electron chi connectivity index (χ0n) is 8.41. The van der Waals surface area contributed by atoms with Crippen LogP contribution < -0.4 is 5.73 Å². The van der Waals surface area contributed by atoms with Crippen LogP contribution in [0, 0.1) is 13.8 Å². The number of nitrogens with two attached hydrogens (primary N) is 1. The summed E-state index contributed by atoms with van der Waals surface area (Å²) in [6, 6.07) is 0. The van der Waals surface area contributed by atoms with Gasteiger partial charge < -0.3 is 10.8 Å². The van der Waals surface area contributed by atoms with Gasteiger partial charge >= 0.3 is 0 Å². The molecule has 0 spiro atoms. The SMILES string of the molecule is CCn1nc(C)c(C(O)CN)c1C. The minimum absolute atomic E-state index is 0.247. The molecule has 0 amide bonds. The number of hydrogen-bond acceptors (Lipinski definition) is 3. The first-order valence-electron chi connectivity index (χ1n) is 4.53. The second-order valence-corrected chi connectivity index (χ2v) is 3.15. The van der Waals surface area contributed by atoms with E-state index in [0.29, 0.717) is 0 Å². The third-order valence-electron chi connectivity index (χ3n) is 2.29. The number of rotatable bonds is 3. The molecule has 13 heavy (non-hydrogen) atoms. The van der Waals surface area contributed by atoms with Crippen LogP contribution in [-0.4, -0.2) is 21.4 Å². The average Bonchev–Trinajstić information content (AvgIpc) is 2.40. The molecule has 1 aromatic heterocycles. The van der Waals surface area contributed by atoms with Crippen LogP contribution in [0.1, 0.15) is 30.0 Å². The molecule has 0 saturated heterocycles. The van der Waals surface area contributed by atoms with Gasteiger partial charge in [-0.3, -0.25) is 4.68 Å². The number of aliphatic hydroxyl groups excluding tert-OH is 1. The fourth-order valence-corrected chi connectivity index (χ4v) is 1.62. The van der Waals surface area contributed by atoms with Crippen molar-refractivity contribution in [3.8, 4) is 0 Å². The minimum atomic E-state index is -0.583. The molecule has 74 valence electrons. The van der Waals surface area contributed by atoms with E-state index in [9.17, 15) is 5.11 Å². The third kappa shape index (κ3) is 1.73. The molecule has 0 aliphatic carbocycles. The molecule has 0 aliphatic rings. The summed E-state index contributed by atoms with van der Waals surface area (Å²) in [6.45, 7) is 6.95. The van der Waals surface area contributed by atoms with Crippen molar-refractivity contribution < 1.29 is 5.11 Å². The molecule has 4 nitrogen and oxygen atoms in total. The van der Waals surface area contributed by atoms with Crippen molar-refractivity contribution in [1.29, 1.82) is 0 Å². The molecule has 0 aliphatic heterocycles. The molecule has 0 radical (unpaired) electrons. The average molecular weight is 183 g/mol. The van der Waals surface area contributed by atoms with E-state index in [0.717, 1.165) is 23.5 Å². The predicted octanol–water partition coefficient (Wildman–Crippen LogP) is 0.512. The van der Waals surface area contributed by atoms with Crippen molar-refractivity contribution in [3.63, 3.8) is 0 Å². The summed E-state index contributed by atoms with van der Waals surface area (Å²) in [7, 11) is 0. The quantitative estimate of drug-likeness (QED) is 0.717. The molecule has 3 N–H and O–H groups in total. The lowest BCUT2D eigenvalue weighted by molar-refractivity contribution is 0.185. The fourth-order valence-electron chi connectivity index (χ4n) is 1.62. The zero-order chi connectivity index (χ0) is 10.0. The van der Waals surface area contributed by atoms with Crippen LogP contribution in [0.5, 0.6) is 0 Å². The van der Waals surface area contributed by atoms with Gasteiger partial charge in [-0.1, -0.05) is 0 Å². The van der Waals surface area contributed by atoms with Gasteiger partial charge in [0.15, 0.2) is 0 Å². The topological polar surface area (TPSA) is 64.1 Å². The van der Waals surface area contributed by atoms with E-state index in [-0.39, 0.29) is 6.54 Å². The first-order chi connectivity index (χ1) is 6.11. The maximum absolute atomic E-state index is 9.62. The fraction of sp³-hybridized carbons (Fsp3) is 0.667. The van der Waals surface area contributed by atoms with Gasteiger partial charge in [0.25, 0.3) is 0 Å². The Kier molecular flexibility index (Phi) is 3.06. The highest BCUT2D eigenvalue weighted by Crippen LogP contribution is 2.20. The van der Waals surface area contributed by atoms with Gasteiger partial charge in [-0.2, -0.15) is 5.10 Å². The summed E-state index contributed by atoms with van der Waals surface area (Å²) >= 11 is 0. The zero-order valence-corrected chi connectivity index (χ0v) is 8.41. The monoisotopic (exact) mass is 183 g/mol. The Hall–Kier alpha value is -0.870. The van der Waals surface area contributed by atoms with Crippen LogP contribution in [0.4, 0.5) is 0 Å². The highest BCUT2D eigenvalue weighted by molar-refractivity contribution is 5.27. The molecule has 1 aromatic rings. The van der Waals surface area contributed by atoms with Gasteiger partial charge in [-0.25, -0.2) is 0 Å². The van der Waals surface area contributed by atoms with Gasteiger partial charge in [0.05, 0.1) is 11.8 Å². The van der Waals surface area contributed by atoms with E-state index in [1.54, 1.807) is 0 Å². The molecule has 0 saturated carbocycles. The summed E-state index contributed by atoms with van der Waals surface area (Å²) in [4.78, 5) is 0. The van der Waals surface area contributed by atoms with Crippen LogP contribution >= 0.6 is 0 Å². The van der Waals surface area contributed by atoms with E-state index >= 15 is 0 Å². The number of hydrogen-bond donors (Lipinski definition) is 2. The number of nitrogens with zero attached hydrogens (tertiary/aromatic N) is 2. The molecule has 0 fully saturated rings. The van der Waals surface area contributed by atoms with Crippen molar-refractivity contribution >= 4 is 0 Å². The van der Waals surface area contributed by atoms with Gasteiger partial charge in [0.2, 0.25) is 0 Å². The van der Waals surface area contributed by atoms with Crippen molar-refractivity contribution in [3.05, 3.63) is 17.0 Å². The lowest BCUT2D eigenvalue weighted by Gasteiger charge is -2.08. The standard InChI is InChI=1S/C9H17N3O/c1-4-12-7(3)9(6(2)11-12)8(13)5-10/h8,13H,4-5,10H2,1-3H3. The van der Waals surface area contributed by atoms with E-state index in [1.165, 1.54) is 0 Å². The summed E-state index contributed by atoms with van der Waals surface area (Å²) in [6.07, 6.45) is -0.583. The Morgan fingerprint density at radius 1 is 1.54 bits per heavy atom. The van der Waals surface area contributed by atoms with Crippen molar-refractivity contribution in [2.45, 2.75) is 33.4 Å². The molecular weight excluding hydrogens is 166 g/mol.